The number of ether oxygens (including phenoxy) is 1. The van der Waals surface area contributed by atoms with Crippen LogP contribution in [0, 0.1) is 0 Å². The summed E-state index contributed by atoms with van der Waals surface area (Å²) in [6.45, 7) is 6.12. The van der Waals surface area contributed by atoms with Crippen molar-refractivity contribution in [3.63, 3.8) is 0 Å². The Morgan fingerprint density at radius 1 is 1.03 bits per heavy atom. The quantitative estimate of drug-likeness (QED) is 0.622. The van der Waals surface area contributed by atoms with E-state index < -0.39 is 0 Å². The second kappa shape index (κ2) is 6.47. The highest BCUT2D eigenvalue weighted by Gasteiger charge is 2.51. The first-order chi connectivity index (χ1) is 15.1. The molecule has 2 atom stereocenters. The standard InChI is InChI=1S/C23H27ClN6O/c1-23(13-31-14-23)28-7-6-27(19-4-5-20(19)28)22-9-21-15(8-18(22)24)10-26-30(21)17-11-25-29(12-17)16-2-3-16/h8-12,16,19-20H,2-7,13-14H2,1H3/t19-,20+/m0/s1. The van der Waals surface area contributed by atoms with Crippen LogP contribution >= 0.6 is 11.6 Å². The average Bonchev–Trinajstić information content (AvgIpc) is 3.30. The van der Waals surface area contributed by atoms with Gasteiger partial charge < -0.3 is 9.64 Å². The zero-order valence-electron chi connectivity index (χ0n) is 17.7. The number of halogens is 1. The van der Waals surface area contributed by atoms with Gasteiger partial charge in [0.15, 0.2) is 0 Å². The van der Waals surface area contributed by atoms with Crippen molar-refractivity contribution in [2.75, 3.05) is 31.2 Å². The highest BCUT2D eigenvalue weighted by molar-refractivity contribution is 6.34. The number of anilines is 1. The van der Waals surface area contributed by atoms with Crippen molar-refractivity contribution in [3.05, 3.63) is 35.7 Å². The third-order valence-electron chi connectivity index (χ3n) is 7.80. The first kappa shape index (κ1) is 18.5. The van der Waals surface area contributed by atoms with Crippen LogP contribution in [0.15, 0.2) is 30.7 Å². The molecule has 2 aromatic heterocycles. The van der Waals surface area contributed by atoms with E-state index in [1.807, 2.05) is 17.1 Å². The minimum Gasteiger partial charge on any atom is -0.377 e. The maximum absolute atomic E-state index is 6.82. The van der Waals surface area contributed by atoms with Gasteiger partial charge >= 0.3 is 0 Å². The van der Waals surface area contributed by atoms with Crippen molar-refractivity contribution < 1.29 is 4.74 Å². The summed E-state index contributed by atoms with van der Waals surface area (Å²) in [7, 11) is 0. The number of hydrogen-bond acceptors (Lipinski definition) is 5. The van der Waals surface area contributed by atoms with Crippen LogP contribution in [-0.2, 0) is 4.74 Å². The number of nitrogens with zero attached hydrogens (tertiary/aromatic N) is 6. The van der Waals surface area contributed by atoms with E-state index in [0.717, 1.165) is 53.6 Å². The Kier molecular flexibility index (Phi) is 3.85. The van der Waals surface area contributed by atoms with Crippen LogP contribution in [0.25, 0.3) is 16.6 Å². The summed E-state index contributed by atoms with van der Waals surface area (Å²) in [5, 5.41) is 11.1. The molecular formula is C23H27ClN6O. The predicted octanol–water partition coefficient (Wildman–Crippen LogP) is 3.65. The molecule has 4 heterocycles. The lowest BCUT2D eigenvalue weighted by atomic mass is 9.78. The zero-order valence-corrected chi connectivity index (χ0v) is 18.5. The van der Waals surface area contributed by atoms with Crippen molar-refractivity contribution in [2.45, 2.75) is 56.3 Å². The summed E-state index contributed by atoms with van der Waals surface area (Å²) >= 11 is 6.82. The summed E-state index contributed by atoms with van der Waals surface area (Å²) in [5.74, 6) is 0. The van der Waals surface area contributed by atoms with Crippen molar-refractivity contribution in [1.29, 1.82) is 0 Å². The predicted molar refractivity (Wildman–Crippen MR) is 120 cm³/mol. The lowest BCUT2D eigenvalue weighted by molar-refractivity contribution is -0.161. The second-order valence-electron chi connectivity index (χ2n) is 9.92. The molecule has 7 rings (SSSR count). The lowest BCUT2D eigenvalue weighted by Gasteiger charge is -2.61. The molecule has 3 aromatic rings. The molecule has 1 aromatic carbocycles. The van der Waals surface area contributed by atoms with E-state index in [1.165, 1.54) is 25.7 Å². The summed E-state index contributed by atoms with van der Waals surface area (Å²) in [5.41, 5.74) is 3.45. The molecule has 0 amide bonds. The lowest BCUT2D eigenvalue weighted by Crippen LogP contribution is -2.73. The minimum absolute atomic E-state index is 0.212. The van der Waals surface area contributed by atoms with Gasteiger partial charge in [0.2, 0.25) is 0 Å². The van der Waals surface area contributed by atoms with Crippen LogP contribution in [0.2, 0.25) is 5.02 Å². The summed E-state index contributed by atoms with van der Waals surface area (Å²) in [6, 6.07) is 5.99. The Hall–Kier alpha value is -2.09. The molecule has 2 saturated carbocycles. The maximum atomic E-state index is 6.82. The molecule has 0 N–H and O–H groups in total. The summed E-state index contributed by atoms with van der Waals surface area (Å²) in [4.78, 5) is 5.24. The largest absolute Gasteiger partial charge is 0.377 e. The van der Waals surface area contributed by atoms with E-state index in [9.17, 15) is 0 Å². The number of aromatic nitrogens is 4. The van der Waals surface area contributed by atoms with E-state index in [2.05, 4.69) is 49.9 Å². The topological polar surface area (TPSA) is 51.3 Å². The number of hydrogen-bond donors (Lipinski definition) is 0. The normalized spacial score (nSPS) is 27.7. The Balaban J connectivity index is 1.23. The molecule has 31 heavy (non-hydrogen) atoms. The van der Waals surface area contributed by atoms with Crippen molar-refractivity contribution in [1.82, 2.24) is 24.5 Å². The van der Waals surface area contributed by atoms with Gasteiger partial charge in [0.25, 0.3) is 0 Å². The van der Waals surface area contributed by atoms with E-state index >= 15 is 0 Å². The minimum atomic E-state index is 0.212. The molecule has 0 unspecified atom stereocenters. The van der Waals surface area contributed by atoms with Crippen molar-refractivity contribution in [3.8, 4) is 5.69 Å². The van der Waals surface area contributed by atoms with Gasteiger partial charge in [-0.05, 0) is 44.7 Å². The van der Waals surface area contributed by atoms with E-state index in [1.54, 1.807) is 0 Å². The van der Waals surface area contributed by atoms with Crippen LogP contribution in [0.4, 0.5) is 5.69 Å². The second-order valence-corrected chi connectivity index (χ2v) is 10.3. The van der Waals surface area contributed by atoms with Crippen LogP contribution in [-0.4, -0.2) is 68.4 Å². The van der Waals surface area contributed by atoms with E-state index in [4.69, 9.17) is 16.3 Å². The molecule has 4 fully saturated rings. The monoisotopic (exact) mass is 438 g/mol. The molecular weight excluding hydrogens is 412 g/mol. The van der Waals surface area contributed by atoms with Crippen molar-refractivity contribution in [2.24, 2.45) is 0 Å². The molecule has 8 heteroatoms. The van der Waals surface area contributed by atoms with Gasteiger partial charge in [-0.2, -0.15) is 10.2 Å². The highest BCUT2D eigenvalue weighted by Crippen LogP contribution is 2.44. The summed E-state index contributed by atoms with van der Waals surface area (Å²) in [6.07, 6.45) is 10.9. The zero-order chi connectivity index (χ0) is 20.7. The van der Waals surface area contributed by atoms with Gasteiger partial charge in [0, 0.05) is 30.6 Å². The number of piperazine rings is 1. The number of rotatable bonds is 4. The highest BCUT2D eigenvalue weighted by atomic mass is 35.5. The Morgan fingerprint density at radius 2 is 1.87 bits per heavy atom. The van der Waals surface area contributed by atoms with Crippen molar-refractivity contribution >= 4 is 28.2 Å². The van der Waals surface area contributed by atoms with Crippen LogP contribution in [0.1, 0.15) is 38.6 Å². The fourth-order valence-corrected chi connectivity index (χ4v) is 5.99. The first-order valence-corrected chi connectivity index (χ1v) is 11.8. The SMILES string of the molecule is CC1(N2CCN(c3cc4c(cnn4-c4cnn(C5CC5)c4)cc3Cl)[C@H]3CC[C@H]32)COC1. The molecule has 0 spiro atoms. The molecule has 2 aliphatic carbocycles. The molecule has 0 radical (unpaired) electrons. The molecule has 2 aliphatic heterocycles. The van der Waals surface area contributed by atoms with Gasteiger partial charge in [-0.3, -0.25) is 9.58 Å². The molecule has 7 nitrogen and oxygen atoms in total. The average molecular weight is 439 g/mol. The van der Waals surface area contributed by atoms with Gasteiger partial charge in [0.05, 0.1) is 59.6 Å². The van der Waals surface area contributed by atoms with E-state index in [-0.39, 0.29) is 5.54 Å². The number of fused-ring (bicyclic) bond motifs is 2. The van der Waals surface area contributed by atoms with Gasteiger partial charge in [0.1, 0.15) is 5.69 Å². The molecule has 0 bridgehead atoms. The smallest absolute Gasteiger partial charge is 0.103 e. The third kappa shape index (κ3) is 2.73. The Bertz CT molecular complexity index is 1160. The van der Waals surface area contributed by atoms with Gasteiger partial charge in [-0.25, -0.2) is 4.68 Å². The van der Waals surface area contributed by atoms with Crippen LogP contribution < -0.4 is 4.90 Å². The van der Waals surface area contributed by atoms with E-state index in [0.29, 0.717) is 18.1 Å². The van der Waals surface area contributed by atoms with Crippen LogP contribution in [0.5, 0.6) is 0 Å². The molecule has 4 aliphatic rings. The van der Waals surface area contributed by atoms with Crippen LogP contribution in [0.3, 0.4) is 0 Å². The maximum Gasteiger partial charge on any atom is 0.103 e. The third-order valence-corrected chi connectivity index (χ3v) is 8.11. The first-order valence-electron chi connectivity index (χ1n) is 11.4. The van der Waals surface area contributed by atoms with Gasteiger partial charge in [-0.15, -0.1) is 0 Å². The fraction of sp³-hybridized carbons (Fsp3) is 0.565. The Labute approximate surface area is 186 Å². The number of benzene rings is 1. The Morgan fingerprint density at radius 3 is 2.58 bits per heavy atom. The summed E-state index contributed by atoms with van der Waals surface area (Å²) < 4.78 is 9.63. The molecule has 2 saturated heterocycles. The van der Waals surface area contributed by atoms with Gasteiger partial charge in [-0.1, -0.05) is 11.6 Å². The molecule has 162 valence electrons. The fourth-order valence-electron chi connectivity index (χ4n) is 5.71.